The first-order chi connectivity index (χ1) is 16.2. The zero-order valence-corrected chi connectivity index (χ0v) is 19.1. The topological polar surface area (TPSA) is 52.6 Å². The molecule has 0 amide bonds. The van der Waals surface area contributed by atoms with Crippen molar-refractivity contribution in [2.45, 2.75) is 24.2 Å². The quantitative estimate of drug-likeness (QED) is 0.207. The Morgan fingerprint density at radius 1 is 0.743 bits per heavy atom. The van der Waals surface area contributed by atoms with Crippen molar-refractivity contribution in [1.82, 2.24) is 0 Å². The second kappa shape index (κ2) is 9.65. The summed E-state index contributed by atoms with van der Waals surface area (Å²) in [5, 5.41) is 0. The molecule has 11 heteroatoms. The highest BCUT2D eigenvalue weighted by atomic mass is 32.2. The Bertz CT molecular complexity index is 1310. The van der Waals surface area contributed by atoms with Gasteiger partial charge < -0.3 is 8.92 Å². The number of rotatable bonds is 6. The van der Waals surface area contributed by atoms with Crippen molar-refractivity contribution in [3.8, 4) is 5.75 Å². The van der Waals surface area contributed by atoms with Crippen molar-refractivity contribution < 1.29 is 43.7 Å². The smallest absolute Gasteiger partial charge is 0.451 e. The molecule has 0 unspecified atom stereocenters. The second-order valence-electron chi connectivity index (χ2n) is 7.36. The molecule has 4 nitrogen and oxygen atoms in total. The van der Waals surface area contributed by atoms with E-state index in [1.807, 2.05) is 0 Å². The Balaban J connectivity index is 2.26. The lowest BCUT2D eigenvalue weighted by molar-refractivity contribution is -0.137. The van der Waals surface area contributed by atoms with Crippen LogP contribution in [0.3, 0.4) is 0 Å². The van der Waals surface area contributed by atoms with E-state index in [1.165, 1.54) is 43.5 Å². The minimum Gasteiger partial charge on any atom is -0.497 e. The first-order valence-corrected chi connectivity index (χ1v) is 11.3. The molecule has 0 spiro atoms. The molecule has 0 atom stereocenters. The molecule has 0 fully saturated rings. The molecule has 3 aromatic rings. The van der Waals surface area contributed by atoms with Gasteiger partial charge in [-0.2, -0.15) is 34.8 Å². The molecule has 0 aliphatic rings. The van der Waals surface area contributed by atoms with Gasteiger partial charge in [-0.3, -0.25) is 0 Å². The van der Waals surface area contributed by atoms with Crippen LogP contribution in [0.5, 0.6) is 5.75 Å². The first kappa shape index (κ1) is 26.1. The van der Waals surface area contributed by atoms with Crippen molar-refractivity contribution in [3.05, 3.63) is 101 Å². The Kier molecular flexibility index (Phi) is 7.21. The van der Waals surface area contributed by atoms with Gasteiger partial charge in [0.25, 0.3) is 0 Å². The highest BCUT2D eigenvalue weighted by Crippen LogP contribution is 2.40. The molecule has 0 radical (unpaired) electrons. The molecule has 0 aliphatic carbocycles. The maximum absolute atomic E-state index is 14.2. The van der Waals surface area contributed by atoms with Crippen LogP contribution < -0.4 is 4.74 Å². The van der Waals surface area contributed by atoms with Crippen LogP contribution in [0.15, 0.2) is 83.5 Å². The van der Waals surface area contributed by atoms with E-state index in [2.05, 4.69) is 4.18 Å². The van der Waals surface area contributed by atoms with Gasteiger partial charge in [0.1, 0.15) is 10.6 Å². The monoisotopic (exact) mass is 516 g/mol. The third-order valence-electron chi connectivity index (χ3n) is 4.87. The summed E-state index contributed by atoms with van der Waals surface area (Å²) in [6, 6.07) is 12.8. The summed E-state index contributed by atoms with van der Waals surface area (Å²) >= 11 is 0. The number of benzene rings is 3. The summed E-state index contributed by atoms with van der Waals surface area (Å²) in [6.07, 6.45) is -10.0. The molecular formula is C24H18F6O4S. The van der Waals surface area contributed by atoms with Crippen molar-refractivity contribution in [2.24, 2.45) is 0 Å². The number of hydrogen-bond acceptors (Lipinski definition) is 4. The number of methoxy groups -OCH3 is 1. The number of aryl methyl sites for hydroxylation is 1. The number of hydrogen-bond donors (Lipinski definition) is 0. The van der Waals surface area contributed by atoms with Crippen molar-refractivity contribution in [1.29, 1.82) is 0 Å². The standard InChI is InChI=1S/C24H18F6O4S/c1-15-3-13-20(14-4-15)35(31,32)34-22(24(28,29)30)21(17-7-11-19(33-2)12-8-17)16-5-9-18(10-6-16)23(25,26)27/h3-14H,1-2H3/b22-21+. The molecule has 0 saturated heterocycles. The predicted molar refractivity (Wildman–Crippen MR) is 116 cm³/mol. The molecule has 3 rings (SSSR count). The van der Waals surface area contributed by atoms with Crippen LogP contribution in [-0.2, 0) is 20.5 Å². The first-order valence-electron chi connectivity index (χ1n) is 9.87. The normalized spacial score (nSPS) is 13.3. The van der Waals surface area contributed by atoms with E-state index in [0.717, 1.165) is 24.3 Å². The van der Waals surface area contributed by atoms with E-state index in [0.29, 0.717) is 23.4 Å². The number of ether oxygens (including phenoxy) is 1. The van der Waals surface area contributed by atoms with Crippen LogP contribution >= 0.6 is 0 Å². The van der Waals surface area contributed by atoms with E-state index in [4.69, 9.17) is 4.74 Å². The van der Waals surface area contributed by atoms with E-state index in [1.54, 1.807) is 6.92 Å². The molecular weight excluding hydrogens is 498 g/mol. The third kappa shape index (κ3) is 6.16. The van der Waals surface area contributed by atoms with Crippen molar-refractivity contribution >= 4 is 15.7 Å². The summed E-state index contributed by atoms with van der Waals surface area (Å²) in [5.41, 5.74) is -1.67. The Labute approximate surface area is 197 Å². The van der Waals surface area contributed by atoms with Gasteiger partial charge in [0.2, 0.25) is 5.76 Å². The van der Waals surface area contributed by atoms with Crippen LogP contribution in [0.4, 0.5) is 26.3 Å². The van der Waals surface area contributed by atoms with Crippen molar-refractivity contribution in [2.75, 3.05) is 7.11 Å². The van der Waals surface area contributed by atoms with Gasteiger partial charge in [0.05, 0.1) is 12.7 Å². The molecule has 0 bridgehead atoms. The van der Waals surface area contributed by atoms with Crippen LogP contribution in [-0.4, -0.2) is 21.7 Å². The fraction of sp³-hybridized carbons (Fsp3) is 0.167. The molecule has 0 heterocycles. The zero-order chi connectivity index (χ0) is 26.0. The molecule has 0 saturated carbocycles. The van der Waals surface area contributed by atoms with Crippen LogP contribution in [0.25, 0.3) is 5.57 Å². The zero-order valence-electron chi connectivity index (χ0n) is 18.2. The summed E-state index contributed by atoms with van der Waals surface area (Å²) in [5.74, 6) is -1.61. The fourth-order valence-corrected chi connectivity index (χ4v) is 4.07. The molecule has 3 aromatic carbocycles. The van der Waals surface area contributed by atoms with Gasteiger partial charge in [-0.25, -0.2) is 0 Å². The Hall–Kier alpha value is -3.47. The fourth-order valence-electron chi connectivity index (χ4n) is 3.11. The minimum absolute atomic E-state index is 0.156. The Morgan fingerprint density at radius 3 is 1.66 bits per heavy atom. The van der Waals surface area contributed by atoms with Crippen LogP contribution in [0, 0.1) is 6.92 Å². The average Bonchev–Trinajstić information content (AvgIpc) is 2.78. The molecule has 0 aliphatic heterocycles. The van der Waals surface area contributed by atoms with Crippen molar-refractivity contribution in [3.63, 3.8) is 0 Å². The summed E-state index contributed by atoms with van der Waals surface area (Å²) in [4.78, 5) is -0.522. The van der Waals surface area contributed by atoms with Gasteiger partial charge in [0, 0.05) is 5.57 Å². The Morgan fingerprint density at radius 2 is 1.23 bits per heavy atom. The summed E-state index contributed by atoms with van der Waals surface area (Å²) in [6.45, 7) is 1.66. The van der Waals surface area contributed by atoms with Gasteiger partial charge in [-0.1, -0.05) is 42.0 Å². The SMILES string of the molecule is COc1ccc(/C(=C(/OS(=O)(=O)c2ccc(C)cc2)C(F)(F)F)c2ccc(C(F)(F)F)cc2)cc1. The van der Waals surface area contributed by atoms with Gasteiger partial charge in [-0.15, -0.1) is 0 Å². The van der Waals surface area contributed by atoms with E-state index in [9.17, 15) is 34.8 Å². The lowest BCUT2D eigenvalue weighted by atomic mass is 9.95. The van der Waals surface area contributed by atoms with E-state index in [-0.39, 0.29) is 11.1 Å². The lowest BCUT2D eigenvalue weighted by Gasteiger charge is -2.20. The lowest BCUT2D eigenvalue weighted by Crippen LogP contribution is -2.21. The highest BCUT2D eigenvalue weighted by molar-refractivity contribution is 7.86. The van der Waals surface area contributed by atoms with Crippen LogP contribution in [0.1, 0.15) is 22.3 Å². The van der Waals surface area contributed by atoms with Gasteiger partial charge in [-0.05, 0) is 54.4 Å². The summed E-state index contributed by atoms with van der Waals surface area (Å²) < 4.78 is 117. The highest BCUT2D eigenvalue weighted by Gasteiger charge is 2.43. The maximum Gasteiger partial charge on any atom is 0.451 e. The molecule has 186 valence electrons. The van der Waals surface area contributed by atoms with E-state index >= 15 is 0 Å². The number of alkyl halides is 6. The van der Waals surface area contributed by atoms with Gasteiger partial charge >= 0.3 is 22.5 Å². The minimum atomic E-state index is -5.32. The number of halogens is 6. The maximum atomic E-state index is 14.2. The van der Waals surface area contributed by atoms with E-state index < -0.39 is 44.3 Å². The largest absolute Gasteiger partial charge is 0.497 e. The molecule has 0 aromatic heterocycles. The average molecular weight is 516 g/mol. The third-order valence-corrected chi connectivity index (χ3v) is 6.10. The second-order valence-corrected chi connectivity index (χ2v) is 8.90. The van der Waals surface area contributed by atoms with Crippen LogP contribution in [0.2, 0.25) is 0 Å². The number of allylic oxidation sites excluding steroid dienone is 1. The molecule has 35 heavy (non-hydrogen) atoms. The predicted octanol–water partition coefficient (Wildman–Crippen LogP) is 6.75. The summed E-state index contributed by atoms with van der Waals surface area (Å²) in [7, 11) is -3.61. The van der Waals surface area contributed by atoms with Gasteiger partial charge in [0.15, 0.2) is 0 Å². The molecule has 0 N–H and O–H groups in total.